The molecule has 5 heteroatoms. The molecule has 1 heterocycles. The van der Waals surface area contributed by atoms with Crippen LogP contribution in [0.3, 0.4) is 0 Å². The van der Waals surface area contributed by atoms with Crippen LogP contribution < -0.4 is 5.32 Å². The molecule has 1 aliphatic rings. The van der Waals surface area contributed by atoms with Crippen LogP contribution in [0.4, 0.5) is 0 Å². The van der Waals surface area contributed by atoms with Crippen molar-refractivity contribution in [1.29, 1.82) is 0 Å². The van der Waals surface area contributed by atoms with E-state index in [4.69, 9.17) is 4.42 Å². The lowest BCUT2D eigenvalue weighted by atomic mass is 10.6. The zero-order valence-corrected chi connectivity index (χ0v) is 8.43. The molecule has 72 valence electrons. The Kier molecular flexibility index (Phi) is 2.85. The summed E-state index contributed by atoms with van der Waals surface area (Å²) in [4.78, 5) is 0. The zero-order valence-electron chi connectivity index (χ0n) is 7.62. The molecular formula is C8H13N3OS. The topological polar surface area (TPSA) is 51.0 Å². The van der Waals surface area contributed by atoms with E-state index >= 15 is 0 Å². The van der Waals surface area contributed by atoms with E-state index < -0.39 is 0 Å². The summed E-state index contributed by atoms with van der Waals surface area (Å²) in [6.07, 6.45) is 2.68. The molecule has 0 spiro atoms. The van der Waals surface area contributed by atoms with Crippen LogP contribution in [-0.4, -0.2) is 28.5 Å². The maximum Gasteiger partial charge on any atom is 0.276 e. The summed E-state index contributed by atoms with van der Waals surface area (Å²) in [6, 6.07) is 0.782. The molecule has 1 aromatic heterocycles. The number of nitrogens with one attached hydrogen (secondary N) is 1. The zero-order chi connectivity index (χ0) is 9.10. The average molecular weight is 199 g/mol. The second kappa shape index (κ2) is 4.11. The van der Waals surface area contributed by atoms with Crippen LogP contribution in [0.25, 0.3) is 0 Å². The minimum atomic E-state index is 0.637. The van der Waals surface area contributed by atoms with Gasteiger partial charge in [0, 0.05) is 25.3 Å². The Hall–Kier alpha value is -0.550. The van der Waals surface area contributed by atoms with E-state index in [-0.39, 0.29) is 0 Å². The van der Waals surface area contributed by atoms with Gasteiger partial charge in [-0.25, -0.2) is 0 Å². The Morgan fingerprint density at radius 1 is 1.54 bits per heavy atom. The highest BCUT2D eigenvalue weighted by Gasteiger charge is 2.19. The number of thioether (sulfide) groups is 1. The quantitative estimate of drug-likeness (QED) is 0.571. The monoisotopic (exact) mass is 199 g/mol. The summed E-state index contributed by atoms with van der Waals surface area (Å²) in [6.45, 7) is 2.83. The van der Waals surface area contributed by atoms with Gasteiger partial charge in [-0.1, -0.05) is 11.8 Å². The molecule has 1 aliphatic carbocycles. The smallest absolute Gasteiger partial charge is 0.276 e. The Morgan fingerprint density at radius 3 is 3.00 bits per heavy atom. The first-order valence-corrected chi connectivity index (χ1v) is 5.49. The lowest BCUT2D eigenvalue weighted by molar-refractivity contribution is 0.429. The summed E-state index contributed by atoms with van der Waals surface area (Å²) < 4.78 is 5.22. The molecule has 0 aromatic carbocycles. The molecule has 2 rings (SSSR count). The first kappa shape index (κ1) is 9.02. The maximum absolute atomic E-state index is 5.22. The predicted octanol–water partition coefficient (Wildman–Crippen LogP) is 1.22. The number of rotatable bonds is 5. The number of hydrogen-bond acceptors (Lipinski definition) is 5. The van der Waals surface area contributed by atoms with Gasteiger partial charge in [0.25, 0.3) is 5.22 Å². The van der Waals surface area contributed by atoms with Crippen LogP contribution in [0.5, 0.6) is 0 Å². The third-order valence-corrected chi connectivity index (χ3v) is 2.67. The molecule has 13 heavy (non-hydrogen) atoms. The summed E-state index contributed by atoms with van der Waals surface area (Å²) in [5.41, 5.74) is 0. The van der Waals surface area contributed by atoms with Gasteiger partial charge in [0.2, 0.25) is 5.89 Å². The van der Waals surface area contributed by atoms with Gasteiger partial charge in [-0.3, -0.25) is 0 Å². The largest absolute Gasteiger partial charge is 0.416 e. The molecule has 0 atom stereocenters. The molecule has 0 saturated heterocycles. The Morgan fingerprint density at radius 2 is 2.38 bits per heavy atom. The van der Waals surface area contributed by atoms with Gasteiger partial charge in [-0.2, -0.15) is 0 Å². The van der Waals surface area contributed by atoms with Crippen LogP contribution in [0, 0.1) is 6.92 Å². The summed E-state index contributed by atoms with van der Waals surface area (Å²) >= 11 is 1.61. The van der Waals surface area contributed by atoms with Gasteiger partial charge in [0.15, 0.2) is 0 Å². The molecule has 1 aromatic rings. The number of nitrogens with zero attached hydrogens (tertiary/aromatic N) is 2. The van der Waals surface area contributed by atoms with Crippen molar-refractivity contribution in [2.24, 2.45) is 0 Å². The average Bonchev–Trinajstić information content (AvgIpc) is 2.84. The molecule has 1 saturated carbocycles. The van der Waals surface area contributed by atoms with Gasteiger partial charge in [0.1, 0.15) is 0 Å². The molecule has 0 aliphatic heterocycles. The van der Waals surface area contributed by atoms with Crippen molar-refractivity contribution in [1.82, 2.24) is 15.5 Å². The molecule has 0 bridgehead atoms. The van der Waals surface area contributed by atoms with Crippen molar-refractivity contribution in [2.45, 2.75) is 31.0 Å². The van der Waals surface area contributed by atoms with Crippen molar-refractivity contribution in [2.75, 3.05) is 12.3 Å². The summed E-state index contributed by atoms with van der Waals surface area (Å²) in [7, 11) is 0. The summed E-state index contributed by atoms with van der Waals surface area (Å²) in [5, 5.41) is 11.8. The van der Waals surface area contributed by atoms with Crippen LogP contribution in [0.2, 0.25) is 0 Å². The van der Waals surface area contributed by atoms with Crippen molar-refractivity contribution < 1.29 is 4.42 Å². The first-order valence-electron chi connectivity index (χ1n) is 4.51. The van der Waals surface area contributed by atoms with Gasteiger partial charge in [-0.05, 0) is 12.8 Å². The van der Waals surface area contributed by atoms with Crippen LogP contribution in [-0.2, 0) is 0 Å². The van der Waals surface area contributed by atoms with Crippen molar-refractivity contribution in [3.63, 3.8) is 0 Å². The lowest BCUT2D eigenvalue weighted by Crippen LogP contribution is -2.19. The Bertz CT molecular complexity index is 272. The van der Waals surface area contributed by atoms with E-state index in [1.165, 1.54) is 12.8 Å². The number of aryl methyl sites for hydroxylation is 1. The molecule has 1 fully saturated rings. The third-order valence-electron chi connectivity index (χ3n) is 1.85. The van der Waals surface area contributed by atoms with E-state index in [0.717, 1.165) is 18.3 Å². The van der Waals surface area contributed by atoms with Crippen LogP contribution >= 0.6 is 11.8 Å². The fraction of sp³-hybridized carbons (Fsp3) is 0.750. The van der Waals surface area contributed by atoms with Crippen LogP contribution in [0.1, 0.15) is 18.7 Å². The van der Waals surface area contributed by atoms with E-state index in [1.807, 2.05) is 0 Å². The minimum Gasteiger partial charge on any atom is -0.416 e. The molecule has 0 radical (unpaired) electrons. The predicted molar refractivity (Wildman–Crippen MR) is 50.8 cm³/mol. The van der Waals surface area contributed by atoms with Gasteiger partial charge < -0.3 is 9.73 Å². The highest BCUT2D eigenvalue weighted by Crippen LogP contribution is 2.19. The maximum atomic E-state index is 5.22. The minimum absolute atomic E-state index is 0.637. The molecular weight excluding hydrogens is 186 g/mol. The fourth-order valence-corrected chi connectivity index (χ4v) is 1.70. The van der Waals surface area contributed by atoms with Crippen molar-refractivity contribution in [3.8, 4) is 0 Å². The van der Waals surface area contributed by atoms with E-state index in [2.05, 4.69) is 15.5 Å². The molecule has 0 amide bonds. The Labute approximate surface area is 81.5 Å². The SMILES string of the molecule is Cc1nnc(SCCNC2CC2)o1. The summed E-state index contributed by atoms with van der Waals surface area (Å²) in [5.74, 6) is 1.63. The highest BCUT2D eigenvalue weighted by atomic mass is 32.2. The lowest BCUT2D eigenvalue weighted by Gasteiger charge is -1.98. The molecule has 1 N–H and O–H groups in total. The Balaban J connectivity index is 1.61. The second-order valence-corrected chi connectivity index (χ2v) is 4.21. The van der Waals surface area contributed by atoms with E-state index in [1.54, 1.807) is 18.7 Å². The normalized spacial score (nSPS) is 16.4. The van der Waals surface area contributed by atoms with E-state index in [0.29, 0.717) is 11.1 Å². The second-order valence-electron chi connectivity index (χ2n) is 3.16. The molecule has 0 unspecified atom stereocenters. The number of hydrogen-bond donors (Lipinski definition) is 1. The van der Waals surface area contributed by atoms with E-state index in [9.17, 15) is 0 Å². The third kappa shape index (κ3) is 3.00. The molecule has 4 nitrogen and oxygen atoms in total. The van der Waals surface area contributed by atoms with Crippen molar-refractivity contribution in [3.05, 3.63) is 5.89 Å². The standard InChI is InChI=1S/C8H13N3OS/c1-6-10-11-8(12-6)13-5-4-9-7-2-3-7/h7,9H,2-5H2,1H3. The highest BCUT2D eigenvalue weighted by molar-refractivity contribution is 7.99. The van der Waals surface area contributed by atoms with Gasteiger partial charge in [-0.15, -0.1) is 10.2 Å². The number of aromatic nitrogens is 2. The van der Waals surface area contributed by atoms with Gasteiger partial charge in [0.05, 0.1) is 0 Å². The van der Waals surface area contributed by atoms with Crippen molar-refractivity contribution >= 4 is 11.8 Å². The van der Waals surface area contributed by atoms with Crippen LogP contribution in [0.15, 0.2) is 9.64 Å². The first-order chi connectivity index (χ1) is 6.34. The fourth-order valence-electron chi connectivity index (χ4n) is 1.03. The van der Waals surface area contributed by atoms with Gasteiger partial charge >= 0.3 is 0 Å².